The Morgan fingerprint density at radius 1 is 0.893 bits per heavy atom. The third-order valence-electron chi connectivity index (χ3n) is 11.6. The number of nitrogens with one attached hydrogen (secondary N) is 1. The van der Waals surface area contributed by atoms with Gasteiger partial charge in [0.2, 0.25) is 11.8 Å². The maximum Gasteiger partial charge on any atom is 0.255 e. The van der Waals surface area contributed by atoms with Crippen LogP contribution in [0.25, 0.3) is 0 Å². The molecule has 4 heterocycles. The number of ether oxygens (including phenoxy) is 3. The third-order valence-corrected chi connectivity index (χ3v) is 11.6. The first-order valence-electron chi connectivity index (χ1n) is 19.5. The van der Waals surface area contributed by atoms with Gasteiger partial charge in [-0.3, -0.25) is 24.6 Å². The molecule has 3 unspecified atom stereocenters. The summed E-state index contributed by atoms with van der Waals surface area (Å²) >= 11 is 0. The highest BCUT2D eigenvalue weighted by Crippen LogP contribution is 2.47. The van der Waals surface area contributed by atoms with Crippen LogP contribution in [0.3, 0.4) is 0 Å². The van der Waals surface area contributed by atoms with E-state index in [1.165, 1.54) is 13.2 Å². The van der Waals surface area contributed by atoms with Crippen LogP contribution in [0.5, 0.6) is 23.0 Å². The number of amides is 3. The normalized spacial score (nSPS) is 21.0. The van der Waals surface area contributed by atoms with Crippen molar-refractivity contribution in [1.29, 1.82) is 0 Å². The summed E-state index contributed by atoms with van der Waals surface area (Å²) in [4.78, 5) is 43.6. The van der Waals surface area contributed by atoms with E-state index in [2.05, 4.69) is 33.3 Å². The van der Waals surface area contributed by atoms with E-state index in [1.807, 2.05) is 30.3 Å². The number of hydrogen-bond donors (Lipinski definition) is 2. The lowest BCUT2D eigenvalue weighted by molar-refractivity contribution is -0.136. The van der Waals surface area contributed by atoms with Gasteiger partial charge in [0.05, 0.1) is 20.3 Å². The van der Waals surface area contributed by atoms with Gasteiger partial charge in [-0.1, -0.05) is 24.3 Å². The number of phenols is 1. The summed E-state index contributed by atoms with van der Waals surface area (Å²) in [5, 5.41) is 12.5. The van der Waals surface area contributed by atoms with Crippen LogP contribution in [0, 0.1) is 5.82 Å². The number of benzene rings is 4. The fourth-order valence-electron chi connectivity index (χ4n) is 8.57. The first kappa shape index (κ1) is 37.3. The molecule has 8 rings (SSSR count). The smallest absolute Gasteiger partial charge is 0.255 e. The predicted molar refractivity (Wildman–Crippen MR) is 208 cm³/mol. The molecule has 0 aliphatic carbocycles. The van der Waals surface area contributed by atoms with Crippen molar-refractivity contribution in [3.63, 3.8) is 0 Å². The predicted octanol–water partition coefficient (Wildman–Crippen LogP) is 5.98. The molecule has 4 aromatic rings. The number of rotatable bonds is 12. The SMILES string of the molecule is COc1cc(C2COc3cc(O)ccc3C2c2ccc(OCCCCCN3CCN(c4ccc5c(c4)CN(C4CCC(=O)NC4=O)C5=O)CC3)cc2)ccc1F. The molecule has 4 aliphatic heterocycles. The molecule has 12 heteroatoms. The second-order valence-electron chi connectivity index (χ2n) is 15.1. The Balaban J connectivity index is 0.788. The molecule has 0 aromatic heterocycles. The quantitative estimate of drug-likeness (QED) is 0.133. The Kier molecular flexibility index (Phi) is 10.8. The maximum atomic E-state index is 14.3. The maximum absolute atomic E-state index is 14.3. The Labute approximate surface area is 325 Å². The van der Waals surface area contributed by atoms with Crippen molar-refractivity contribution in [3.05, 3.63) is 112 Å². The lowest BCUT2D eigenvalue weighted by Gasteiger charge is -2.36. The van der Waals surface area contributed by atoms with Crippen LogP contribution < -0.4 is 24.4 Å². The van der Waals surface area contributed by atoms with E-state index in [0.29, 0.717) is 37.5 Å². The number of aromatic hydroxyl groups is 1. The van der Waals surface area contributed by atoms with Crippen molar-refractivity contribution < 1.29 is 38.1 Å². The molecule has 4 aliphatic rings. The van der Waals surface area contributed by atoms with Gasteiger partial charge in [0.15, 0.2) is 11.6 Å². The van der Waals surface area contributed by atoms with Crippen LogP contribution in [-0.4, -0.2) is 91.7 Å². The molecule has 2 fully saturated rings. The Hall–Kier alpha value is -5.62. The average Bonchev–Trinajstić information content (AvgIpc) is 3.54. The zero-order chi connectivity index (χ0) is 38.8. The summed E-state index contributed by atoms with van der Waals surface area (Å²) in [6, 6.07) is 23.7. The van der Waals surface area contributed by atoms with Gasteiger partial charge in [0.1, 0.15) is 23.3 Å². The molecule has 292 valence electrons. The zero-order valence-electron chi connectivity index (χ0n) is 31.5. The number of fused-ring (bicyclic) bond motifs is 2. The van der Waals surface area contributed by atoms with Crippen molar-refractivity contribution in [2.75, 3.05) is 57.9 Å². The fourth-order valence-corrected chi connectivity index (χ4v) is 8.57. The van der Waals surface area contributed by atoms with Crippen molar-refractivity contribution in [2.45, 2.75) is 56.5 Å². The molecule has 0 radical (unpaired) electrons. The minimum Gasteiger partial charge on any atom is -0.508 e. The number of unbranched alkanes of at least 4 members (excludes halogenated alkanes) is 2. The van der Waals surface area contributed by atoms with E-state index in [1.54, 1.807) is 29.2 Å². The van der Waals surface area contributed by atoms with Gasteiger partial charge in [0, 0.05) is 73.9 Å². The highest BCUT2D eigenvalue weighted by molar-refractivity contribution is 6.05. The molecule has 4 aromatic carbocycles. The Bertz CT molecular complexity index is 2100. The Morgan fingerprint density at radius 3 is 2.48 bits per heavy atom. The number of nitrogens with zero attached hydrogens (tertiary/aromatic N) is 3. The number of imide groups is 1. The van der Waals surface area contributed by atoms with E-state index in [9.17, 15) is 23.9 Å². The summed E-state index contributed by atoms with van der Waals surface area (Å²) < 4.78 is 31.8. The van der Waals surface area contributed by atoms with E-state index < -0.39 is 11.9 Å². The second-order valence-corrected chi connectivity index (χ2v) is 15.1. The van der Waals surface area contributed by atoms with Crippen LogP contribution in [0.4, 0.5) is 10.1 Å². The highest BCUT2D eigenvalue weighted by Gasteiger charge is 2.39. The molecule has 56 heavy (non-hydrogen) atoms. The van der Waals surface area contributed by atoms with Gasteiger partial charge in [-0.25, -0.2) is 4.39 Å². The largest absolute Gasteiger partial charge is 0.508 e. The molecule has 11 nitrogen and oxygen atoms in total. The minimum absolute atomic E-state index is 0.0812. The van der Waals surface area contributed by atoms with E-state index >= 15 is 0 Å². The van der Waals surface area contributed by atoms with Gasteiger partial charge in [-0.05, 0) is 97.4 Å². The number of piperazine rings is 1. The lowest BCUT2D eigenvalue weighted by Crippen LogP contribution is -2.52. The van der Waals surface area contributed by atoms with Crippen LogP contribution in [0.2, 0.25) is 0 Å². The summed E-state index contributed by atoms with van der Waals surface area (Å²) in [6.45, 7) is 6.17. The number of methoxy groups -OCH3 is 1. The van der Waals surface area contributed by atoms with Crippen LogP contribution in [0.1, 0.15) is 76.6 Å². The minimum atomic E-state index is -0.604. The number of halogens is 1. The second kappa shape index (κ2) is 16.2. The lowest BCUT2D eigenvalue weighted by atomic mass is 9.76. The van der Waals surface area contributed by atoms with Crippen molar-refractivity contribution in [1.82, 2.24) is 15.1 Å². The van der Waals surface area contributed by atoms with E-state index in [-0.39, 0.29) is 47.5 Å². The number of carbonyl (C=O) groups is 3. The molecule has 0 saturated carbocycles. The molecule has 3 amide bonds. The zero-order valence-corrected chi connectivity index (χ0v) is 31.5. The molecular formula is C44H47FN4O7. The summed E-state index contributed by atoms with van der Waals surface area (Å²) in [6.07, 6.45) is 3.72. The summed E-state index contributed by atoms with van der Waals surface area (Å²) in [7, 11) is 1.46. The molecule has 0 spiro atoms. The van der Waals surface area contributed by atoms with Crippen LogP contribution in [0.15, 0.2) is 78.9 Å². The topological polar surface area (TPSA) is 121 Å². The number of phenolic OH excluding ortho intramolecular Hbond substituents is 1. The van der Waals surface area contributed by atoms with Gasteiger partial charge < -0.3 is 29.1 Å². The summed E-state index contributed by atoms with van der Waals surface area (Å²) in [5.41, 5.74) is 5.61. The van der Waals surface area contributed by atoms with Crippen molar-refractivity contribution in [2.24, 2.45) is 0 Å². The molecule has 0 bridgehead atoms. The van der Waals surface area contributed by atoms with Crippen molar-refractivity contribution in [3.8, 4) is 23.0 Å². The monoisotopic (exact) mass is 762 g/mol. The number of anilines is 1. The van der Waals surface area contributed by atoms with Crippen molar-refractivity contribution >= 4 is 23.4 Å². The first-order chi connectivity index (χ1) is 27.2. The van der Waals surface area contributed by atoms with E-state index in [0.717, 1.165) is 85.7 Å². The summed E-state index contributed by atoms with van der Waals surface area (Å²) in [5.74, 6) is 0.383. The van der Waals surface area contributed by atoms with Crippen LogP contribution >= 0.6 is 0 Å². The highest BCUT2D eigenvalue weighted by atomic mass is 19.1. The molecular weight excluding hydrogens is 716 g/mol. The van der Waals surface area contributed by atoms with E-state index in [4.69, 9.17) is 14.2 Å². The molecule has 2 N–H and O–H groups in total. The number of carbonyl (C=O) groups excluding carboxylic acids is 3. The van der Waals surface area contributed by atoms with Gasteiger partial charge >= 0.3 is 0 Å². The standard InChI is InChI=1S/C44H47FN4O7/c1-54-40-24-29(7-14-37(40)45)36-27-56-39-25-32(50)9-13-35(39)42(36)28-5-10-33(11-6-28)55-22-4-2-3-17-47-18-20-48(21-19-47)31-8-12-34-30(23-31)26-49(44(34)53)38-15-16-41(51)46-43(38)52/h5-14,23-25,36,38,42,50H,2-4,15-22,26-27H2,1H3,(H,46,51,52). The third kappa shape index (κ3) is 7.75. The average molecular weight is 763 g/mol. The first-order valence-corrected chi connectivity index (χ1v) is 19.5. The van der Waals surface area contributed by atoms with Crippen LogP contribution in [-0.2, 0) is 16.1 Å². The Morgan fingerprint density at radius 2 is 1.70 bits per heavy atom. The fraction of sp³-hybridized carbons (Fsp3) is 0.386. The molecule has 2 saturated heterocycles. The van der Waals surface area contributed by atoms with Gasteiger partial charge in [0.25, 0.3) is 5.91 Å². The van der Waals surface area contributed by atoms with Gasteiger partial charge in [-0.2, -0.15) is 0 Å². The van der Waals surface area contributed by atoms with Gasteiger partial charge in [-0.15, -0.1) is 0 Å². The number of hydrogen-bond acceptors (Lipinski definition) is 9. The number of piperidine rings is 1. The molecule has 3 atom stereocenters.